The van der Waals surface area contributed by atoms with Crippen molar-refractivity contribution in [3.63, 3.8) is 0 Å². The second kappa shape index (κ2) is 3.06. The molecule has 0 aromatic carbocycles. The highest BCUT2D eigenvalue weighted by molar-refractivity contribution is 5.95. The minimum Gasteiger partial charge on any atom is -0.329 e. The molecule has 2 rings (SSSR count). The molecule has 2 N–H and O–H groups in total. The summed E-state index contributed by atoms with van der Waals surface area (Å²) in [4.78, 5) is 26.0. The Hall–Kier alpha value is -1.98. The second-order valence-corrected chi connectivity index (χ2v) is 2.90. The van der Waals surface area contributed by atoms with Crippen molar-refractivity contribution in [2.75, 3.05) is 5.32 Å². The second-order valence-electron chi connectivity index (χ2n) is 2.90. The van der Waals surface area contributed by atoms with Gasteiger partial charge in [-0.05, 0) is 6.92 Å². The van der Waals surface area contributed by atoms with Crippen LogP contribution in [-0.2, 0) is 4.79 Å². The fourth-order valence-corrected chi connectivity index (χ4v) is 1.20. The van der Waals surface area contributed by atoms with E-state index in [1.807, 2.05) is 0 Å². The number of hydrogen-bond acceptors (Lipinski definition) is 4. The number of H-pyrrole nitrogens is 1. The normalized spacial score (nSPS) is 10.4. The van der Waals surface area contributed by atoms with E-state index in [-0.39, 0.29) is 5.91 Å². The number of imidazole rings is 1. The first-order valence-electron chi connectivity index (χ1n) is 4.12. The third-order valence-corrected chi connectivity index (χ3v) is 1.69. The summed E-state index contributed by atoms with van der Waals surface area (Å²) in [5.74, 6) is 0.860. The molecule has 0 fully saturated rings. The van der Waals surface area contributed by atoms with E-state index in [2.05, 4.69) is 25.3 Å². The smallest absolute Gasteiger partial charge is 0.222 e. The summed E-state index contributed by atoms with van der Waals surface area (Å²) < 4.78 is 0. The Kier molecular flexibility index (Phi) is 1.88. The third kappa shape index (κ3) is 1.41. The van der Waals surface area contributed by atoms with Gasteiger partial charge in [-0.15, -0.1) is 0 Å². The van der Waals surface area contributed by atoms with Gasteiger partial charge in [-0.25, -0.2) is 15.0 Å². The summed E-state index contributed by atoms with van der Waals surface area (Å²) in [6.07, 6.45) is 1.52. The van der Waals surface area contributed by atoms with Crippen LogP contribution in [0.15, 0.2) is 6.33 Å². The Morgan fingerprint density at radius 1 is 1.50 bits per heavy atom. The molecule has 6 heteroatoms. The highest BCUT2D eigenvalue weighted by Gasteiger charge is 2.08. The highest BCUT2D eigenvalue weighted by atomic mass is 16.1. The van der Waals surface area contributed by atoms with Crippen molar-refractivity contribution in [3.8, 4) is 0 Å². The maximum absolute atomic E-state index is 10.9. The van der Waals surface area contributed by atoms with Crippen LogP contribution in [0.1, 0.15) is 12.7 Å². The first-order chi connectivity index (χ1) is 6.66. The number of aromatic nitrogens is 4. The van der Waals surface area contributed by atoms with Crippen LogP contribution in [0.3, 0.4) is 0 Å². The van der Waals surface area contributed by atoms with Gasteiger partial charge in [-0.2, -0.15) is 0 Å². The van der Waals surface area contributed by atoms with Crippen molar-refractivity contribution in [1.82, 2.24) is 19.9 Å². The maximum atomic E-state index is 10.9. The van der Waals surface area contributed by atoms with Gasteiger partial charge < -0.3 is 10.3 Å². The predicted molar refractivity (Wildman–Crippen MR) is 50.7 cm³/mol. The van der Waals surface area contributed by atoms with Crippen LogP contribution in [0, 0.1) is 6.92 Å². The minimum atomic E-state index is -0.174. The fraction of sp³-hybridized carbons (Fsp3) is 0.250. The van der Waals surface area contributed by atoms with Gasteiger partial charge in [0.2, 0.25) is 5.91 Å². The third-order valence-electron chi connectivity index (χ3n) is 1.69. The summed E-state index contributed by atoms with van der Waals surface area (Å²) in [5.41, 5.74) is 1.20. The molecule has 0 aliphatic heterocycles. The largest absolute Gasteiger partial charge is 0.329 e. The lowest BCUT2D eigenvalue weighted by molar-refractivity contribution is -0.114. The zero-order valence-corrected chi connectivity index (χ0v) is 7.83. The van der Waals surface area contributed by atoms with E-state index in [1.165, 1.54) is 13.3 Å². The molecule has 2 aromatic heterocycles. The van der Waals surface area contributed by atoms with Crippen molar-refractivity contribution < 1.29 is 4.79 Å². The van der Waals surface area contributed by atoms with Gasteiger partial charge >= 0.3 is 0 Å². The number of anilines is 1. The van der Waals surface area contributed by atoms with Crippen LogP contribution < -0.4 is 5.32 Å². The Balaban J connectivity index is 2.60. The maximum Gasteiger partial charge on any atom is 0.222 e. The van der Waals surface area contributed by atoms with E-state index in [9.17, 15) is 4.79 Å². The van der Waals surface area contributed by atoms with Crippen molar-refractivity contribution in [2.45, 2.75) is 13.8 Å². The molecule has 2 aromatic rings. The van der Waals surface area contributed by atoms with E-state index in [0.29, 0.717) is 22.8 Å². The lowest BCUT2D eigenvalue weighted by atomic mass is 10.4. The molecule has 14 heavy (non-hydrogen) atoms. The first-order valence-corrected chi connectivity index (χ1v) is 4.12. The molecule has 0 atom stereocenters. The quantitative estimate of drug-likeness (QED) is 0.692. The average Bonchev–Trinajstić information content (AvgIpc) is 2.50. The molecular weight excluding hydrogens is 182 g/mol. The number of carbonyl (C=O) groups is 1. The minimum absolute atomic E-state index is 0.174. The van der Waals surface area contributed by atoms with Gasteiger partial charge in [0.15, 0.2) is 17.0 Å². The number of nitrogens with one attached hydrogen (secondary N) is 2. The van der Waals surface area contributed by atoms with Gasteiger partial charge in [0, 0.05) is 6.92 Å². The van der Waals surface area contributed by atoms with E-state index >= 15 is 0 Å². The van der Waals surface area contributed by atoms with Crippen molar-refractivity contribution in [3.05, 3.63) is 12.2 Å². The molecule has 1 amide bonds. The number of aryl methyl sites for hydroxylation is 1. The SMILES string of the molecule is CC(=O)Nc1nc(C)nc2[nH]cnc12. The number of hydrogen-bond donors (Lipinski definition) is 2. The van der Waals surface area contributed by atoms with Crippen LogP contribution in [0.5, 0.6) is 0 Å². The Morgan fingerprint density at radius 3 is 3.00 bits per heavy atom. The van der Waals surface area contributed by atoms with Crippen LogP contribution in [0.25, 0.3) is 11.2 Å². The molecule has 0 radical (unpaired) electrons. The standard InChI is InChI=1S/C8H9N5O/c1-4-11-7-6(9-3-10-7)8(12-4)13-5(2)14/h3H,1-2H3,(H2,9,10,11,12,13,14). The number of rotatable bonds is 1. The number of fused-ring (bicyclic) bond motifs is 1. The van der Waals surface area contributed by atoms with Gasteiger partial charge in [0.05, 0.1) is 6.33 Å². The summed E-state index contributed by atoms with van der Waals surface area (Å²) in [6.45, 7) is 3.18. The topological polar surface area (TPSA) is 83.6 Å². The zero-order valence-electron chi connectivity index (χ0n) is 7.83. The molecule has 2 heterocycles. The van der Waals surface area contributed by atoms with E-state index in [4.69, 9.17) is 0 Å². The molecule has 0 aliphatic carbocycles. The van der Waals surface area contributed by atoms with Crippen LogP contribution >= 0.6 is 0 Å². The van der Waals surface area contributed by atoms with Crippen molar-refractivity contribution in [2.24, 2.45) is 0 Å². The average molecular weight is 191 g/mol. The van der Waals surface area contributed by atoms with Crippen molar-refractivity contribution >= 4 is 22.9 Å². The molecule has 6 nitrogen and oxygen atoms in total. The number of aromatic amines is 1. The van der Waals surface area contributed by atoms with Gasteiger partial charge in [0.1, 0.15) is 5.82 Å². The summed E-state index contributed by atoms with van der Waals surface area (Å²) >= 11 is 0. The molecule has 0 unspecified atom stereocenters. The highest BCUT2D eigenvalue weighted by Crippen LogP contribution is 2.15. The van der Waals surface area contributed by atoms with Gasteiger partial charge in [-0.1, -0.05) is 0 Å². The molecule has 0 spiro atoms. The molecule has 0 bridgehead atoms. The first kappa shape index (κ1) is 8.61. The predicted octanol–water partition coefficient (Wildman–Crippen LogP) is 0.620. The van der Waals surface area contributed by atoms with Crippen LogP contribution in [0.4, 0.5) is 5.82 Å². The molecule has 0 saturated carbocycles. The number of carbonyl (C=O) groups excluding carboxylic acids is 1. The summed E-state index contributed by atoms with van der Waals surface area (Å²) in [6, 6.07) is 0. The van der Waals surface area contributed by atoms with Crippen molar-refractivity contribution in [1.29, 1.82) is 0 Å². The Labute approximate surface area is 79.8 Å². The zero-order chi connectivity index (χ0) is 10.1. The number of nitrogens with zero attached hydrogens (tertiary/aromatic N) is 3. The summed E-state index contributed by atoms with van der Waals surface area (Å²) in [7, 11) is 0. The molecular formula is C8H9N5O. The summed E-state index contributed by atoms with van der Waals surface area (Å²) in [5, 5.41) is 2.60. The monoisotopic (exact) mass is 191 g/mol. The lowest BCUT2D eigenvalue weighted by Crippen LogP contribution is -2.09. The van der Waals surface area contributed by atoms with Gasteiger partial charge in [-0.3, -0.25) is 4.79 Å². The molecule has 72 valence electrons. The molecule has 0 aliphatic rings. The van der Waals surface area contributed by atoms with E-state index in [0.717, 1.165) is 0 Å². The lowest BCUT2D eigenvalue weighted by Gasteiger charge is -2.01. The molecule has 0 saturated heterocycles. The fourth-order valence-electron chi connectivity index (χ4n) is 1.20. The van der Waals surface area contributed by atoms with E-state index < -0.39 is 0 Å². The van der Waals surface area contributed by atoms with Crippen LogP contribution in [0.2, 0.25) is 0 Å². The van der Waals surface area contributed by atoms with E-state index in [1.54, 1.807) is 6.92 Å². The number of amides is 1. The Bertz CT molecular complexity index is 489. The van der Waals surface area contributed by atoms with Crippen LogP contribution in [-0.4, -0.2) is 25.8 Å². The van der Waals surface area contributed by atoms with Gasteiger partial charge in [0.25, 0.3) is 0 Å². The Morgan fingerprint density at radius 2 is 2.29 bits per heavy atom.